The zero-order valence-electron chi connectivity index (χ0n) is 7.13. The lowest BCUT2D eigenvalue weighted by Gasteiger charge is -2.16. The first kappa shape index (κ1) is 8.33. The molecule has 4 heteroatoms. The molecule has 0 atom stereocenters. The second-order valence-corrected chi connectivity index (χ2v) is 3.02. The Morgan fingerprint density at radius 1 is 1.64 bits per heavy atom. The van der Waals surface area contributed by atoms with Crippen LogP contribution >= 0.6 is 0 Å². The zero-order valence-corrected chi connectivity index (χ0v) is 7.13. The maximum atomic E-state index is 11.0. The van der Waals surface area contributed by atoms with E-state index in [1.165, 1.54) is 0 Å². The molecular weight excluding hydrogens is 142 g/mol. The Bertz CT molecular complexity index is 147. The van der Waals surface area contributed by atoms with Gasteiger partial charge in [-0.1, -0.05) is 0 Å². The Morgan fingerprint density at radius 2 is 2.36 bits per heavy atom. The van der Waals surface area contributed by atoms with Crippen LogP contribution in [-0.4, -0.2) is 56.1 Å². The summed E-state index contributed by atoms with van der Waals surface area (Å²) in [5, 5.41) is 2.76. The Balaban J connectivity index is 2.20. The van der Waals surface area contributed by atoms with E-state index < -0.39 is 0 Å². The van der Waals surface area contributed by atoms with Gasteiger partial charge in [0.1, 0.15) is 0 Å². The highest BCUT2D eigenvalue weighted by molar-refractivity contribution is 5.76. The van der Waals surface area contributed by atoms with E-state index in [0.717, 1.165) is 26.2 Å². The molecule has 64 valence electrons. The van der Waals surface area contributed by atoms with E-state index in [-0.39, 0.29) is 6.03 Å². The summed E-state index contributed by atoms with van der Waals surface area (Å²) in [4.78, 5) is 14.9. The van der Waals surface area contributed by atoms with Crippen LogP contribution in [0, 0.1) is 0 Å². The molecule has 0 radical (unpaired) electrons. The first-order valence-corrected chi connectivity index (χ1v) is 3.87. The standard InChI is InChI=1S/C7H15N3O/c1-9(2)5-6-10-4-3-8-7(10)11/h3-6H2,1-2H3,(H,8,11). The molecule has 1 rings (SSSR count). The van der Waals surface area contributed by atoms with Crippen LogP contribution in [-0.2, 0) is 0 Å². The monoisotopic (exact) mass is 157 g/mol. The van der Waals surface area contributed by atoms with Crippen LogP contribution < -0.4 is 5.32 Å². The van der Waals surface area contributed by atoms with Crippen LogP contribution in [0.2, 0.25) is 0 Å². The minimum Gasteiger partial charge on any atom is -0.336 e. The van der Waals surface area contributed by atoms with E-state index >= 15 is 0 Å². The highest BCUT2D eigenvalue weighted by Gasteiger charge is 2.18. The van der Waals surface area contributed by atoms with Gasteiger partial charge in [0.2, 0.25) is 0 Å². The number of nitrogens with one attached hydrogen (secondary N) is 1. The molecule has 11 heavy (non-hydrogen) atoms. The van der Waals surface area contributed by atoms with E-state index in [4.69, 9.17) is 0 Å². The topological polar surface area (TPSA) is 35.6 Å². The van der Waals surface area contributed by atoms with Crippen LogP contribution in [0.4, 0.5) is 4.79 Å². The van der Waals surface area contributed by atoms with Gasteiger partial charge in [0.05, 0.1) is 0 Å². The molecule has 1 aliphatic heterocycles. The SMILES string of the molecule is CN(C)CCN1CCNC1=O. The number of amides is 2. The van der Waals surface area contributed by atoms with Crippen LogP contribution in [0.1, 0.15) is 0 Å². The molecule has 1 fully saturated rings. The molecule has 0 bridgehead atoms. The smallest absolute Gasteiger partial charge is 0.317 e. The van der Waals surface area contributed by atoms with Gasteiger partial charge in [-0.25, -0.2) is 4.79 Å². The third kappa shape index (κ3) is 2.38. The summed E-state index contributed by atoms with van der Waals surface area (Å²) >= 11 is 0. The predicted octanol–water partition coefficient (Wildman–Crippen LogP) is -0.427. The van der Waals surface area contributed by atoms with Gasteiger partial charge in [0, 0.05) is 26.2 Å². The molecule has 0 saturated carbocycles. The number of urea groups is 1. The van der Waals surface area contributed by atoms with E-state index in [1.54, 1.807) is 0 Å². The summed E-state index contributed by atoms with van der Waals surface area (Å²) < 4.78 is 0. The third-order valence-electron chi connectivity index (χ3n) is 1.76. The summed E-state index contributed by atoms with van der Waals surface area (Å²) in [6.07, 6.45) is 0. The molecular formula is C7H15N3O. The predicted molar refractivity (Wildman–Crippen MR) is 43.5 cm³/mol. The van der Waals surface area contributed by atoms with Crippen LogP contribution in [0.15, 0.2) is 0 Å². The van der Waals surface area contributed by atoms with Crippen LogP contribution in [0.25, 0.3) is 0 Å². The van der Waals surface area contributed by atoms with Crippen LogP contribution in [0.5, 0.6) is 0 Å². The molecule has 0 spiro atoms. The number of carbonyl (C=O) groups is 1. The van der Waals surface area contributed by atoms with Gasteiger partial charge in [-0.2, -0.15) is 0 Å². The average molecular weight is 157 g/mol. The molecule has 1 saturated heterocycles. The fourth-order valence-electron chi connectivity index (χ4n) is 1.05. The van der Waals surface area contributed by atoms with Crippen molar-refractivity contribution >= 4 is 6.03 Å². The van der Waals surface area contributed by atoms with Gasteiger partial charge in [-0.3, -0.25) is 0 Å². The van der Waals surface area contributed by atoms with Crippen LogP contribution in [0.3, 0.4) is 0 Å². The minimum atomic E-state index is 0.0758. The molecule has 0 aromatic heterocycles. The van der Waals surface area contributed by atoms with Gasteiger partial charge in [-0.05, 0) is 14.1 Å². The van der Waals surface area contributed by atoms with Gasteiger partial charge >= 0.3 is 6.03 Å². The van der Waals surface area contributed by atoms with Crippen molar-refractivity contribution < 1.29 is 4.79 Å². The number of rotatable bonds is 3. The molecule has 1 aliphatic rings. The first-order valence-electron chi connectivity index (χ1n) is 3.87. The second kappa shape index (κ2) is 3.57. The van der Waals surface area contributed by atoms with Crippen molar-refractivity contribution in [2.24, 2.45) is 0 Å². The van der Waals surface area contributed by atoms with Crippen molar-refractivity contribution in [1.29, 1.82) is 0 Å². The molecule has 0 aromatic carbocycles. The molecule has 1 N–H and O–H groups in total. The Morgan fingerprint density at radius 3 is 2.82 bits per heavy atom. The first-order chi connectivity index (χ1) is 5.20. The maximum Gasteiger partial charge on any atom is 0.317 e. The summed E-state index contributed by atoms with van der Waals surface area (Å²) in [5.41, 5.74) is 0. The van der Waals surface area contributed by atoms with Crippen molar-refractivity contribution in [3.63, 3.8) is 0 Å². The summed E-state index contributed by atoms with van der Waals surface area (Å²) in [7, 11) is 4.02. The van der Waals surface area contributed by atoms with Gasteiger partial charge in [0.15, 0.2) is 0 Å². The second-order valence-electron chi connectivity index (χ2n) is 3.02. The van der Waals surface area contributed by atoms with Gasteiger partial charge in [-0.15, -0.1) is 0 Å². The number of hydrogen-bond donors (Lipinski definition) is 1. The number of likely N-dealkylation sites (N-methyl/N-ethyl adjacent to an activating group) is 1. The number of carbonyl (C=O) groups excluding carboxylic acids is 1. The van der Waals surface area contributed by atoms with Crippen molar-refractivity contribution in [3.05, 3.63) is 0 Å². The van der Waals surface area contributed by atoms with E-state index in [9.17, 15) is 4.79 Å². The Labute approximate surface area is 67.2 Å². The number of nitrogens with zero attached hydrogens (tertiary/aromatic N) is 2. The van der Waals surface area contributed by atoms with Crippen molar-refractivity contribution in [1.82, 2.24) is 15.1 Å². The molecule has 0 unspecified atom stereocenters. The summed E-state index contributed by atoms with van der Waals surface area (Å²) in [6.45, 7) is 3.42. The van der Waals surface area contributed by atoms with Crippen molar-refractivity contribution in [3.8, 4) is 0 Å². The molecule has 4 nitrogen and oxygen atoms in total. The summed E-state index contributed by atoms with van der Waals surface area (Å²) in [6, 6.07) is 0.0758. The van der Waals surface area contributed by atoms with E-state index in [2.05, 4.69) is 10.2 Å². The molecule has 0 aliphatic carbocycles. The lowest BCUT2D eigenvalue weighted by Crippen LogP contribution is -2.34. The normalized spacial score (nSPS) is 17.7. The molecule has 0 aromatic rings. The Hall–Kier alpha value is -0.770. The fraction of sp³-hybridized carbons (Fsp3) is 0.857. The highest BCUT2D eigenvalue weighted by Crippen LogP contribution is 1.95. The molecule has 1 heterocycles. The van der Waals surface area contributed by atoms with Gasteiger partial charge in [0.25, 0.3) is 0 Å². The largest absolute Gasteiger partial charge is 0.336 e. The lowest BCUT2D eigenvalue weighted by atomic mass is 10.5. The van der Waals surface area contributed by atoms with E-state index in [0.29, 0.717) is 0 Å². The molecule has 2 amide bonds. The highest BCUT2D eigenvalue weighted by atomic mass is 16.2. The van der Waals surface area contributed by atoms with E-state index in [1.807, 2.05) is 19.0 Å². The zero-order chi connectivity index (χ0) is 8.27. The minimum absolute atomic E-state index is 0.0758. The third-order valence-corrected chi connectivity index (χ3v) is 1.76. The lowest BCUT2D eigenvalue weighted by molar-refractivity contribution is 0.212. The maximum absolute atomic E-state index is 11.0. The fourth-order valence-corrected chi connectivity index (χ4v) is 1.05. The van der Waals surface area contributed by atoms with Crippen molar-refractivity contribution in [2.75, 3.05) is 40.3 Å². The Kier molecular flexibility index (Phi) is 2.70. The quantitative estimate of drug-likeness (QED) is 0.603. The van der Waals surface area contributed by atoms with Gasteiger partial charge < -0.3 is 15.1 Å². The summed E-state index contributed by atoms with van der Waals surface area (Å²) in [5.74, 6) is 0. The number of hydrogen-bond acceptors (Lipinski definition) is 2. The van der Waals surface area contributed by atoms with Crippen molar-refractivity contribution in [2.45, 2.75) is 0 Å². The average Bonchev–Trinajstić information content (AvgIpc) is 2.31.